The zero-order valence-corrected chi connectivity index (χ0v) is 11.6. The summed E-state index contributed by atoms with van der Waals surface area (Å²) in [4.78, 5) is 0. The van der Waals surface area contributed by atoms with Gasteiger partial charge in [0.1, 0.15) is 17.7 Å². The Labute approximate surface area is 118 Å². The zero-order valence-electron chi connectivity index (χ0n) is 10.9. The van der Waals surface area contributed by atoms with Gasteiger partial charge in [0.25, 0.3) is 0 Å². The van der Waals surface area contributed by atoms with Gasteiger partial charge >= 0.3 is 0 Å². The van der Waals surface area contributed by atoms with Crippen LogP contribution in [0, 0.1) is 11.7 Å². The van der Waals surface area contributed by atoms with Gasteiger partial charge in [0, 0.05) is 30.5 Å². The zero-order chi connectivity index (χ0) is 13.2. The largest absolute Gasteiger partial charge is 0.488 e. The fraction of sp³-hybridized carbons (Fsp3) is 0.600. The highest BCUT2D eigenvalue weighted by atomic mass is 35.5. The van der Waals surface area contributed by atoms with Gasteiger partial charge in [-0.05, 0) is 37.0 Å². The molecular formula is C15H19ClFNO. The van der Waals surface area contributed by atoms with Gasteiger partial charge < -0.3 is 10.1 Å². The molecule has 0 bridgehead atoms. The molecule has 1 saturated carbocycles. The highest BCUT2D eigenvalue weighted by molar-refractivity contribution is 6.18. The number of hydrogen-bond acceptors (Lipinski definition) is 2. The molecule has 1 aromatic rings. The van der Waals surface area contributed by atoms with Crippen molar-refractivity contribution in [3.05, 3.63) is 29.6 Å². The maximum Gasteiger partial charge on any atom is 0.123 e. The Bertz CT molecular complexity index is 454. The molecule has 2 aliphatic rings. The maximum absolute atomic E-state index is 13.1. The molecule has 104 valence electrons. The van der Waals surface area contributed by atoms with E-state index in [0.717, 1.165) is 30.2 Å². The number of benzene rings is 1. The van der Waals surface area contributed by atoms with E-state index in [9.17, 15) is 4.39 Å². The highest BCUT2D eigenvalue weighted by Gasteiger charge is 2.29. The van der Waals surface area contributed by atoms with Crippen LogP contribution in [-0.2, 0) is 6.42 Å². The SMILES string of the molecule is Fc1ccc2c(c1)CC(CNC1CCCC1CCl)O2. The summed E-state index contributed by atoms with van der Waals surface area (Å²) < 4.78 is 19.0. The molecular weight excluding hydrogens is 265 g/mol. The second kappa shape index (κ2) is 5.68. The van der Waals surface area contributed by atoms with Crippen molar-refractivity contribution < 1.29 is 9.13 Å². The van der Waals surface area contributed by atoms with Crippen molar-refractivity contribution in [2.24, 2.45) is 5.92 Å². The monoisotopic (exact) mass is 283 g/mol. The molecule has 1 fully saturated rings. The topological polar surface area (TPSA) is 21.3 Å². The first-order valence-corrected chi connectivity index (χ1v) is 7.54. The Balaban J connectivity index is 1.53. The van der Waals surface area contributed by atoms with Gasteiger partial charge in [-0.1, -0.05) is 6.42 Å². The molecule has 0 amide bonds. The molecule has 1 aliphatic heterocycles. The van der Waals surface area contributed by atoms with Crippen molar-refractivity contribution in [2.45, 2.75) is 37.8 Å². The van der Waals surface area contributed by atoms with Crippen molar-refractivity contribution in [2.75, 3.05) is 12.4 Å². The number of nitrogens with one attached hydrogen (secondary N) is 1. The van der Waals surface area contributed by atoms with E-state index in [-0.39, 0.29) is 11.9 Å². The van der Waals surface area contributed by atoms with Crippen LogP contribution in [0.15, 0.2) is 18.2 Å². The Morgan fingerprint density at radius 3 is 3.11 bits per heavy atom. The lowest BCUT2D eigenvalue weighted by molar-refractivity contribution is 0.217. The molecule has 0 saturated heterocycles. The van der Waals surface area contributed by atoms with E-state index in [1.807, 2.05) is 0 Å². The van der Waals surface area contributed by atoms with Crippen molar-refractivity contribution >= 4 is 11.6 Å². The van der Waals surface area contributed by atoms with Crippen molar-refractivity contribution in [1.29, 1.82) is 0 Å². The van der Waals surface area contributed by atoms with E-state index in [1.165, 1.54) is 25.3 Å². The second-order valence-electron chi connectivity index (χ2n) is 5.56. The number of halogens is 2. The number of hydrogen-bond donors (Lipinski definition) is 1. The number of rotatable bonds is 4. The van der Waals surface area contributed by atoms with Gasteiger partial charge in [-0.15, -0.1) is 11.6 Å². The molecule has 3 rings (SSSR count). The molecule has 1 aromatic carbocycles. The fourth-order valence-corrected chi connectivity index (χ4v) is 3.55. The van der Waals surface area contributed by atoms with E-state index in [2.05, 4.69) is 5.32 Å². The molecule has 0 aromatic heterocycles. The summed E-state index contributed by atoms with van der Waals surface area (Å²) in [6, 6.07) is 5.27. The molecule has 3 unspecified atom stereocenters. The van der Waals surface area contributed by atoms with E-state index in [0.29, 0.717) is 12.0 Å². The predicted molar refractivity (Wildman–Crippen MR) is 74.4 cm³/mol. The summed E-state index contributed by atoms with van der Waals surface area (Å²) in [6.07, 6.45) is 4.59. The summed E-state index contributed by atoms with van der Waals surface area (Å²) in [7, 11) is 0. The fourth-order valence-electron chi connectivity index (χ4n) is 3.18. The quantitative estimate of drug-likeness (QED) is 0.857. The summed E-state index contributed by atoms with van der Waals surface area (Å²) in [5.41, 5.74) is 0.979. The van der Waals surface area contributed by atoms with Crippen molar-refractivity contribution in [3.63, 3.8) is 0 Å². The summed E-state index contributed by atoms with van der Waals surface area (Å²) in [6.45, 7) is 0.814. The molecule has 4 heteroatoms. The normalized spacial score (nSPS) is 29.3. The summed E-state index contributed by atoms with van der Waals surface area (Å²) >= 11 is 5.98. The third kappa shape index (κ3) is 2.87. The Morgan fingerprint density at radius 1 is 1.37 bits per heavy atom. The molecule has 19 heavy (non-hydrogen) atoms. The number of alkyl halides is 1. The molecule has 3 atom stereocenters. The minimum absolute atomic E-state index is 0.119. The molecule has 1 aliphatic carbocycles. The van der Waals surface area contributed by atoms with Crippen LogP contribution in [-0.4, -0.2) is 24.6 Å². The third-order valence-corrected chi connectivity index (χ3v) is 4.63. The summed E-state index contributed by atoms with van der Waals surface area (Å²) in [5.74, 6) is 1.96. The van der Waals surface area contributed by atoms with E-state index in [4.69, 9.17) is 16.3 Å². The molecule has 1 N–H and O–H groups in total. The van der Waals surface area contributed by atoms with Crippen LogP contribution in [0.5, 0.6) is 5.75 Å². The van der Waals surface area contributed by atoms with Gasteiger partial charge in [0.2, 0.25) is 0 Å². The number of ether oxygens (including phenoxy) is 1. The second-order valence-corrected chi connectivity index (χ2v) is 5.86. The third-order valence-electron chi connectivity index (χ3n) is 4.23. The minimum atomic E-state index is -0.186. The predicted octanol–water partition coefficient (Wildman–Crippen LogP) is 3.13. The highest BCUT2D eigenvalue weighted by Crippen LogP contribution is 2.30. The first-order chi connectivity index (χ1) is 9.26. The van der Waals surface area contributed by atoms with Crippen LogP contribution in [0.1, 0.15) is 24.8 Å². The Kier molecular flexibility index (Phi) is 3.94. The molecule has 0 spiro atoms. The Hall–Kier alpha value is -0.800. The molecule has 0 radical (unpaired) electrons. The molecule has 2 nitrogen and oxygen atoms in total. The molecule has 1 heterocycles. The lowest BCUT2D eigenvalue weighted by Crippen LogP contribution is -2.39. The maximum atomic E-state index is 13.1. The first kappa shape index (κ1) is 13.2. The van der Waals surface area contributed by atoms with Crippen LogP contribution >= 0.6 is 11.6 Å². The van der Waals surface area contributed by atoms with Crippen molar-refractivity contribution in [1.82, 2.24) is 5.32 Å². The van der Waals surface area contributed by atoms with E-state index >= 15 is 0 Å². The van der Waals surface area contributed by atoms with Crippen LogP contribution in [0.2, 0.25) is 0 Å². The first-order valence-electron chi connectivity index (χ1n) is 7.00. The smallest absolute Gasteiger partial charge is 0.123 e. The van der Waals surface area contributed by atoms with Gasteiger partial charge in [0.05, 0.1) is 0 Å². The minimum Gasteiger partial charge on any atom is -0.488 e. The average molecular weight is 284 g/mol. The summed E-state index contributed by atoms with van der Waals surface area (Å²) in [5, 5.41) is 3.57. The number of fused-ring (bicyclic) bond motifs is 1. The average Bonchev–Trinajstić information content (AvgIpc) is 3.01. The van der Waals surface area contributed by atoms with E-state index < -0.39 is 0 Å². The van der Waals surface area contributed by atoms with Gasteiger partial charge in [-0.3, -0.25) is 0 Å². The van der Waals surface area contributed by atoms with Crippen LogP contribution in [0.4, 0.5) is 4.39 Å². The van der Waals surface area contributed by atoms with Crippen LogP contribution in [0.3, 0.4) is 0 Å². The van der Waals surface area contributed by atoms with Gasteiger partial charge in [-0.2, -0.15) is 0 Å². The standard InChI is InChI=1S/C15H19ClFNO/c16-8-10-2-1-3-14(10)18-9-13-7-11-6-12(17)4-5-15(11)19-13/h4-6,10,13-14,18H,1-3,7-9H2. The van der Waals surface area contributed by atoms with Gasteiger partial charge in [0.15, 0.2) is 0 Å². The van der Waals surface area contributed by atoms with Crippen LogP contribution in [0.25, 0.3) is 0 Å². The Morgan fingerprint density at radius 2 is 2.26 bits per heavy atom. The lowest BCUT2D eigenvalue weighted by Gasteiger charge is -2.21. The van der Waals surface area contributed by atoms with Gasteiger partial charge in [-0.25, -0.2) is 4.39 Å². The lowest BCUT2D eigenvalue weighted by atomic mass is 10.1. The van der Waals surface area contributed by atoms with Crippen LogP contribution < -0.4 is 10.1 Å². The van der Waals surface area contributed by atoms with Crippen molar-refractivity contribution in [3.8, 4) is 5.75 Å². The van der Waals surface area contributed by atoms with E-state index in [1.54, 1.807) is 12.1 Å².